The Morgan fingerprint density at radius 1 is 0.386 bits per heavy atom. The number of hydrogen-bond donors (Lipinski definition) is 0. The Morgan fingerprint density at radius 3 is 1.88 bits per heavy atom. The third-order valence-corrected chi connectivity index (χ3v) is 11.2. The fourth-order valence-electron chi connectivity index (χ4n) is 8.61. The number of fused-ring (bicyclic) bond motifs is 8. The largest absolute Gasteiger partial charge is 0.436 e. The van der Waals surface area contributed by atoms with Crippen molar-refractivity contribution in [3.63, 3.8) is 0 Å². The molecule has 4 heterocycles. The van der Waals surface area contributed by atoms with Crippen molar-refractivity contribution in [3.05, 3.63) is 188 Å². The molecule has 0 unspecified atom stereocenters. The zero-order chi connectivity index (χ0) is 37.5. The van der Waals surface area contributed by atoms with Crippen molar-refractivity contribution >= 4 is 65.6 Å². The molecule has 0 fully saturated rings. The third kappa shape index (κ3) is 4.87. The molecule has 8 aromatic carbocycles. The van der Waals surface area contributed by atoms with E-state index in [-0.39, 0.29) is 0 Å². The van der Waals surface area contributed by atoms with Gasteiger partial charge in [-0.05, 0) is 66.2 Å². The molecule has 0 amide bonds. The topological polar surface area (TPSA) is 61.7 Å². The van der Waals surface area contributed by atoms with Crippen LogP contribution < -0.4 is 0 Å². The van der Waals surface area contributed by atoms with E-state index in [0.29, 0.717) is 11.8 Å². The van der Waals surface area contributed by atoms with Gasteiger partial charge in [0.05, 0.1) is 33.3 Å². The zero-order valence-electron chi connectivity index (χ0n) is 30.5. The average Bonchev–Trinajstić information content (AvgIpc) is 3.95. The number of rotatable bonds is 5. The van der Waals surface area contributed by atoms with Gasteiger partial charge in [-0.15, -0.1) is 0 Å². The molecule has 266 valence electrons. The van der Waals surface area contributed by atoms with Crippen molar-refractivity contribution in [1.29, 1.82) is 0 Å². The maximum atomic E-state index is 6.43. The van der Waals surface area contributed by atoms with Gasteiger partial charge in [0.2, 0.25) is 11.8 Å². The Labute approximate surface area is 326 Å². The number of oxazole rings is 1. The molecule has 6 heteroatoms. The monoisotopic (exact) mass is 729 g/mol. The van der Waals surface area contributed by atoms with E-state index in [1.165, 1.54) is 0 Å². The van der Waals surface area contributed by atoms with E-state index >= 15 is 0 Å². The Kier molecular flexibility index (Phi) is 6.83. The molecule has 6 nitrogen and oxygen atoms in total. The standard InChI is InChI=1S/C51H31N5O/c1-4-15-32(16-5-1)48-39-22-10-12-25-42(39)53-51(54-48)56-44-26-13-11-21-37(44)38-24-14-23-36(49(38)56)34-27-28-45-40(29-34)41-30-47-43(52-50(57-47)33-17-6-2-7-18-33)31-46(41)55(45)35-19-8-3-9-20-35/h1-31H. The summed E-state index contributed by atoms with van der Waals surface area (Å²) in [5.41, 5.74) is 12.9. The fraction of sp³-hybridized carbons (Fsp3) is 0. The highest BCUT2D eigenvalue weighted by atomic mass is 16.3. The number of para-hydroxylation sites is 4. The molecule has 0 aliphatic rings. The van der Waals surface area contributed by atoms with Crippen LogP contribution in [0.1, 0.15) is 0 Å². The molecule has 0 radical (unpaired) electrons. The second-order valence-corrected chi connectivity index (χ2v) is 14.4. The summed E-state index contributed by atoms with van der Waals surface area (Å²) in [6, 6.07) is 65.5. The smallest absolute Gasteiger partial charge is 0.235 e. The molecule has 0 spiro atoms. The molecule has 0 N–H and O–H groups in total. The molecule has 0 aliphatic heterocycles. The number of aromatic nitrogens is 5. The lowest BCUT2D eigenvalue weighted by molar-refractivity contribution is 0.620. The highest BCUT2D eigenvalue weighted by molar-refractivity contribution is 6.16. The van der Waals surface area contributed by atoms with Crippen molar-refractivity contribution in [3.8, 4) is 45.5 Å². The maximum Gasteiger partial charge on any atom is 0.235 e. The molecule has 57 heavy (non-hydrogen) atoms. The van der Waals surface area contributed by atoms with Crippen molar-refractivity contribution < 1.29 is 4.42 Å². The van der Waals surface area contributed by atoms with Gasteiger partial charge in [-0.25, -0.2) is 15.0 Å². The van der Waals surface area contributed by atoms with Gasteiger partial charge >= 0.3 is 0 Å². The first-order valence-electron chi connectivity index (χ1n) is 19.1. The van der Waals surface area contributed by atoms with Gasteiger partial charge < -0.3 is 8.98 Å². The van der Waals surface area contributed by atoms with Gasteiger partial charge in [0.25, 0.3) is 0 Å². The van der Waals surface area contributed by atoms with Gasteiger partial charge in [-0.2, -0.15) is 0 Å². The minimum absolute atomic E-state index is 0.611. The van der Waals surface area contributed by atoms with Crippen molar-refractivity contribution in [2.24, 2.45) is 0 Å². The van der Waals surface area contributed by atoms with E-state index in [2.05, 4.69) is 155 Å². The highest BCUT2D eigenvalue weighted by Crippen LogP contribution is 2.42. The Morgan fingerprint density at radius 2 is 1.05 bits per heavy atom. The van der Waals surface area contributed by atoms with Crippen LogP contribution in [0.5, 0.6) is 0 Å². The third-order valence-electron chi connectivity index (χ3n) is 11.2. The number of benzene rings is 8. The summed E-state index contributed by atoms with van der Waals surface area (Å²) in [5, 5.41) is 5.53. The highest BCUT2D eigenvalue weighted by Gasteiger charge is 2.22. The lowest BCUT2D eigenvalue weighted by Gasteiger charge is -2.14. The van der Waals surface area contributed by atoms with Crippen LogP contribution in [-0.4, -0.2) is 24.1 Å². The molecule has 0 saturated heterocycles. The lowest BCUT2D eigenvalue weighted by atomic mass is 10.00. The first kappa shape index (κ1) is 31.5. The first-order chi connectivity index (χ1) is 28.3. The van der Waals surface area contributed by atoms with Crippen molar-refractivity contribution in [2.45, 2.75) is 0 Å². The summed E-state index contributed by atoms with van der Waals surface area (Å²) < 4.78 is 11.0. The molecule has 4 aromatic heterocycles. The molecule has 12 aromatic rings. The van der Waals surface area contributed by atoms with Crippen LogP contribution in [0.25, 0.3) is 111 Å². The lowest BCUT2D eigenvalue weighted by Crippen LogP contribution is -2.04. The van der Waals surface area contributed by atoms with Gasteiger partial charge in [0.15, 0.2) is 5.58 Å². The van der Waals surface area contributed by atoms with E-state index in [9.17, 15) is 0 Å². The van der Waals surface area contributed by atoms with Gasteiger partial charge in [0, 0.05) is 49.3 Å². The quantitative estimate of drug-likeness (QED) is 0.177. The predicted octanol–water partition coefficient (Wildman–Crippen LogP) is 13.0. The molecular formula is C51H31N5O. The minimum atomic E-state index is 0.611. The van der Waals surface area contributed by atoms with Gasteiger partial charge in [0.1, 0.15) is 5.52 Å². The molecule has 12 rings (SSSR count). The van der Waals surface area contributed by atoms with Crippen molar-refractivity contribution in [1.82, 2.24) is 24.1 Å². The zero-order valence-corrected chi connectivity index (χ0v) is 30.5. The van der Waals surface area contributed by atoms with Crippen LogP contribution in [-0.2, 0) is 0 Å². The van der Waals surface area contributed by atoms with E-state index in [0.717, 1.165) is 99.2 Å². The fourth-order valence-corrected chi connectivity index (χ4v) is 8.61. The Balaban J connectivity index is 1.13. The van der Waals surface area contributed by atoms with Crippen LogP contribution in [0.2, 0.25) is 0 Å². The molecule has 0 bridgehead atoms. The van der Waals surface area contributed by atoms with Crippen molar-refractivity contribution in [2.75, 3.05) is 0 Å². The summed E-state index contributed by atoms with van der Waals surface area (Å²) in [7, 11) is 0. The van der Waals surface area contributed by atoms with Gasteiger partial charge in [-0.3, -0.25) is 4.57 Å². The first-order valence-corrected chi connectivity index (χ1v) is 19.1. The van der Waals surface area contributed by atoms with E-state index in [4.69, 9.17) is 19.4 Å². The predicted molar refractivity (Wildman–Crippen MR) is 232 cm³/mol. The van der Waals surface area contributed by atoms with E-state index in [1.54, 1.807) is 0 Å². The Bertz CT molecular complexity index is 3510. The molecular weight excluding hydrogens is 699 g/mol. The van der Waals surface area contributed by atoms with Crippen LogP contribution in [0.4, 0.5) is 0 Å². The number of nitrogens with zero attached hydrogens (tertiary/aromatic N) is 5. The summed E-state index contributed by atoms with van der Waals surface area (Å²) in [6.45, 7) is 0. The number of hydrogen-bond acceptors (Lipinski definition) is 4. The SMILES string of the molecule is c1ccc(-c2nc3cc4c(cc3o2)c2cc(-c3cccc5c6ccccc6n(-c6nc(-c7ccccc7)c7ccccc7n6)c35)ccc2n4-c2ccccc2)cc1. The minimum Gasteiger partial charge on any atom is -0.436 e. The van der Waals surface area contributed by atoms with Crippen LogP contribution in [0.3, 0.4) is 0 Å². The normalized spacial score (nSPS) is 11.9. The molecule has 0 aliphatic carbocycles. The molecule has 0 atom stereocenters. The second-order valence-electron chi connectivity index (χ2n) is 14.4. The molecule has 0 saturated carbocycles. The summed E-state index contributed by atoms with van der Waals surface area (Å²) in [6.07, 6.45) is 0. The van der Waals surface area contributed by atoms with E-state index < -0.39 is 0 Å². The van der Waals surface area contributed by atoms with E-state index in [1.807, 2.05) is 42.5 Å². The van der Waals surface area contributed by atoms with Crippen LogP contribution >= 0.6 is 0 Å². The Hall–Kier alpha value is -7.83. The van der Waals surface area contributed by atoms with Crippen LogP contribution in [0, 0.1) is 0 Å². The van der Waals surface area contributed by atoms with Crippen LogP contribution in [0.15, 0.2) is 192 Å². The summed E-state index contributed by atoms with van der Waals surface area (Å²) in [5.74, 6) is 1.25. The van der Waals surface area contributed by atoms with Gasteiger partial charge in [-0.1, -0.05) is 127 Å². The second kappa shape index (κ2) is 12.3. The average molecular weight is 730 g/mol. The summed E-state index contributed by atoms with van der Waals surface area (Å²) >= 11 is 0. The summed E-state index contributed by atoms with van der Waals surface area (Å²) in [4.78, 5) is 15.6. The maximum absolute atomic E-state index is 6.43.